The SMILES string of the molecule is CCC(CN)N1CC(C)SC(C)C1. The molecular formula is C10H22N2S. The molecule has 1 rings (SSSR count). The van der Waals surface area contributed by atoms with E-state index in [-0.39, 0.29) is 0 Å². The lowest BCUT2D eigenvalue weighted by molar-refractivity contribution is 0.193. The van der Waals surface area contributed by atoms with Crippen molar-refractivity contribution >= 4 is 11.8 Å². The van der Waals surface area contributed by atoms with Gasteiger partial charge in [0.2, 0.25) is 0 Å². The summed E-state index contributed by atoms with van der Waals surface area (Å²) in [6.45, 7) is 10.1. The Kier molecular flexibility index (Phi) is 4.56. The summed E-state index contributed by atoms with van der Waals surface area (Å²) >= 11 is 2.10. The third-order valence-electron chi connectivity index (χ3n) is 2.71. The monoisotopic (exact) mass is 202 g/mol. The Balaban J connectivity index is 2.48. The van der Waals surface area contributed by atoms with Crippen molar-refractivity contribution in [2.45, 2.75) is 43.7 Å². The third kappa shape index (κ3) is 3.15. The molecule has 0 amide bonds. The minimum absolute atomic E-state index is 0.603. The molecule has 0 aliphatic carbocycles. The van der Waals surface area contributed by atoms with Crippen molar-refractivity contribution in [3.63, 3.8) is 0 Å². The highest BCUT2D eigenvalue weighted by atomic mass is 32.2. The summed E-state index contributed by atoms with van der Waals surface area (Å²) < 4.78 is 0. The first-order valence-electron chi connectivity index (χ1n) is 5.27. The van der Waals surface area contributed by atoms with Gasteiger partial charge in [-0.05, 0) is 6.42 Å². The van der Waals surface area contributed by atoms with Crippen LogP contribution in [0.3, 0.4) is 0 Å². The summed E-state index contributed by atoms with van der Waals surface area (Å²) in [7, 11) is 0. The maximum atomic E-state index is 5.76. The summed E-state index contributed by atoms with van der Waals surface area (Å²) in [4.78, 5) is 2.56. The van der Waals surface area contributed by atoms with Gasteiger partial charge in [0, 0.05) is 36.2 Å². The molecule has 0 saturated carbocycles. The fraction of sp³-hybridized carbons (Fsp3) is 1.00. The highest BCUT2D eigenvalue weighted by molar-refractivity contribution is 8.00. The summed E-state index contributed by atoms with van der Waals surface area (Å²) in [6.07, 6.45) is 1.18. The predicted octanol–water partition coefficient (Wildman–Crippen LogP) is 1.55. The van der Waals surface area contributed by atoms with E-state index < -0.39 is 0 Å². The summed E-state index contributed by atoms with van der Waals surface area (Å²) in [5.74, 6) is 0. The minimum Gasteiger partial charge on any atom is -0.329 e. The molecule has 0 aromatic carbocycles. The van der Waals surface area contributed by atoms with Crippen LogP contribution >= 0.6 is 11.8 Å². The lowest BCUT2D eigenvalue weighted by atomic mass is 10.1. The lowest BCUT2D eigenvalue weighted by Crippen LogP contribution is -2.48. The second-order valence-corrected chi connectivity index (χ2v) is 5.89. The van der Waals surface area contributed by atoms with E-state index in [0.29, 0.717) is 6.04 Å². The van der Waals surface area contributed by atoms with Crippen molar-refractivity contribution in [1.29, 1.82) is 0 Å². The van der Waals surface area contributed by atoms with Gasteiger partial charge in [0.1, 0.15) is 0 Å². The van der Waals surface area contributed by atoms with E-state index in [1.54, 1.807) is 0 Å². The van der Waals surface area contributed by atoms with E-state index in [1.165, 1.54) is 19.5 Å². The Morgan fingerprint density at radius 1 is 1.38 bits per heavy atom. The van der Waals surface area contributed by atoms with Gasteiger partial charge in [-0.15, -0.1) is 0 Å². The number of rotatable bonds is 3. The van der Waals surface area contributed by atoms with Gasteiger partial charge in [0.05, 0.1) is 0 Å². The van der Waals surface area contributed by atoms with E-state index in [1.807, 2.05) is 0 Å². The van der Waals surface area contributed by atoms with Gasteiger partial charge < -0.3 is 5.73 Å². The molecule has 2 nitrogen and oxygen atoms in total. The number of hydrogen-bond donors (Lipinski definition) is 1. The Hall–Kier alpha value is 0.270. The van der Waals surface area contributed by atoms with Crippen molar-refractivity contribution < 1.29 is 0 Å². The predicted molar refractivity (Wildman–Crippen MR) is 61.2 cm³/mol. The third-order valence-corrected chi connectivity index (χ3v) is 3.93. The fourth-order valence-electron chi connectivity index (χ4n) is 2.09. The van der Waals surface area contributed by atoms with Gasteiger partial charge in [-0.1, -0.05) is 20.8 Å². The van der Waals surface area contributed by atoms with E-state index >= 15 is 0 Å². The molecule has 3 atom stereocenters. The van der Waals surface area contributed by atoms with E-state index in [2.05, 4.69) is 37.4 Å². The average molecular weight is 202 g/mol. The number of nitrogens with two attached hydrogens (primary N) is 1. The topological polar surface area (TPSA) is 29.3 Å². The first-order valence-corrected chi connectivity index (χ1v) is 6.21. The molecule has 0 spiro atoms. The van der Waals surface area contributed by atoms with Crippen molar-refractivity contribution in [2.75, 3.05) is 19.6 Å². The molecule has 1 aliphatic rings. The molecule has 78 valence electrons. The van der Waals surface area contributed by atoms with Crippen LogP contribution in [-0.2, 0) is 0 Å². The Labute approximate surface area is 86.2 Å². The molecular weight excluding hydrogens is 180 g/mol. The number of thioether (sulfide) groups is 1. The molecule has 3 heteroatoms. The number of nitrogens with zero attached hydrogens (tertiary/aromatic N) is 1. The molecule has 3 unspecified atom stereocenters. The van der Waals surface area contributed by atoms with E-state index in [0.717, 1.165) is 17.0 Å². The van der Waals surface area contributed by atoms with Crippen LogP contribution in [-0.4, -0.2) is 41.1 Å². The van der Waals surface area contributed by atoms with Crippen LogP contribution in [0.1, 0.15) is 27.2 Å². The number of hydrogen-bond acceptors (Lipinski definition) is 3. The summed E-state index contributed by atoms with van der Waals surface area (Å²) in [5.41, 5.74) is 5.76. The van der Waals surface area contributed by atoms with Gasteiger partial charge in [-0.3, -0.25) is 4.90 Å². The normalized spacial score (nSPS) is 33.2. The van der Waals surface area contributed by atoms with Gasteiger partial charge in [-0.25, -0.2) is 0 Å². The lowest BCUT2D eigenvalue weighted by Gasteiger charge is -2.39. The second-order valence-electron chi connectivity index (χ2n) is 4.01. The smallest absolute Gasteiger partial charge is 0.0216 e. The van der Waals surface area contributed by atoms with Crippen LogP contribution in [0.15, 0.2) is 0 Å². The van der Waals surface area contributed by atoms with Crippen LogP contribution in [0.2, 0.25) is 0 Å². The van der Waals surface area contributed by atoms with E-state index in [4.69, 9.17) is 5.73 Å². The van der Waals surface area contributed by atoms with Crippen LogP contribution in [0.5, 0.6) is 0 Å². The van der Waals surface area contributed by atoms with Crippen LogP contribution in [0, 0.1) is 0 Å². The summed E-state index contributed by atoms with van der Waals surface area (Å²) in [6, 6.07) is 0.603. The van der Waals surface area contributed by atoms with E-state index in [9.17, 15) is 0 Å². The van der Waals surface area contributed by atoms with Crippen LogP contribution in [0.25, 0.3) is 0 Å². The van der Waals surface area contributed by atoms with Crippen molar-refractivity contribution in [3.05, 3.63) is 0 Å². The fourth-order valence-corrected chi connectivity index (χ4v) is 3.44. The van der Waals surface area contributed by atoms with Gasteiger partial charge >= 0.3 is 0 Å². The van der Waals surface area contributed by atoms with Gasteiger partial charge in [0.15, 0.2) is 0 Å². The van der Waals surface area contributed by atoms with Gasteiger partial charge in [-0.2, -0.15) is 11.8 Å². The molecule has 0 aromatic rings. The zero-order chi connectivity index (χ0) is 9.84. The van der Waals surface area contributed by atoms with Crippen molar-refractivity contribution in [2.24, 2.45) is 5.73 Å². The maximum absolute atomic E-state index is 5.76. The average Bonchev–Trinajstić information content (AvgIpc) is 2.04. The van der Waals surface area contributed by atoms with Crippen molar-refractivity contribution in [3.8, 4) is 0 Å². The Morgan fingerprint density at radius 3 is 2.31 bits per heavy atom. The van der Waals surface area contributed by atoms with Crippen molar-refractivity contribution in [1.82, 2.24) is 4.90 Å². The highest BCUT2D eigenvalue weighted by Gasteiger charge is 2.25. The maximum Gasteiger partial charge on any atom is 0.0216 e. The Morgan fingerprint density at radius 2 is 1.92 bits per heavy atom. The second kappa shape index (κ2) is 5.23. The molecule has 2 N–H and O–H groups in total. The zero-order valence-electron chi connectivity index (χ0n) is 8.99. The first-order chi connectivity index (χ1) is 6.17. The molecule has 1 heterocycles. The van der Waals surface area contributed by atoms with Gasteiger partial charge in [0.25, 0.3) is 0 Å². The molecule has 0 bridgehead atoms. The molecule has 1 aliphatic heterocycles. The molecule has 13 heavy (non-hydrogen) atoms. The Bertz CT molecular complexity index is 138. The zero-order valence-corrected chi connectivity index (χ0v) is 9.81. The molecule has 0 radical (unpaired) electrons. The van der Waals surface area contributed by atoms with Crippen LogP contribution < -0.4 is 5.73 Å². The largest absolute Gasteiger partial charge is 0.329 e. The molecule has 0 aromatic heterocycles. The quantitative estimate of drug-likeness (QED) is 0.753. The minimum atomic E-state index is 0.603. The van der Waals surface area contributed by atoms with Crippen LogP contribution in [0.4, 0.5) is 0 Å². The molecule has 1 saturated heterocycles. The first kappa shape index (κ1) is 11.3. The molecule has 1 fully saturated rings. The summed E-state index contributed by atoms with van der Waals surface area (Å²) in [5, 5.41) is 1.54. The standard InChI is InChI=1S/C10H22N2S/c1-4-10(5-11)12-6-8(2)13-9(3)7-12/h8-10H,4-7,11H2,1-3H3. The highest BCUT2D eigenvalue weighted by Crippen LogP contribution is 2.26.